The van der Waals surface area contributed by atoms with Gasteiger partial charge in [0.25, 0.3) is 5.56 Å². The van der Waals surface area contributed by atoms with Crippen LogP contribution >= 0.6 is 0 Å². The van der Waals surface area contributed by atoms with Crippen LogP contribution in [0.1, 0.15) is 43.2 Å². The number of hydrogen-bond donors (Lipinski definition) is 2. The van der Waals surface area contributed by atoms with E-state index in [0.717, 1.165) is 32.6 Å². The molecule has 0 aliphatic rings. The van der Waals surface area contributed by atoms with Gasteiger partial charge in [-0.15, -0.1) is 0 Å². The number of aromatic nitrogens is 7. The average molecular weight is 595 g/mol. The molecule has 0 fully saturated rings. The topological polar surface area (TPSA) is 125 Å². The van der Waals surface area contributed by atoms with Gasteiger partial charge < -0.3 is 14.9 Å². The zero-order valence-corrected chi connectivity index (χ0v) is 25.7. The number of aryl methyl sites for hydroxylation is 1. The summed E-state index contributed by atoms with van der Waals surface area (Å²) in [7, 11) is 3.38. The molecule has 44 heavy (non-hydrogen) atoms. The van der Waals surface area contributed by atoms with E-state index in [1.54, 1.807) is 21.6 Å². The van der Waals surface area contributed by atoms with E-state index in [0.29, 0.717) is 36.4 Å². The lowest BCUT2D eigenvalue weighted by molar-refractivity contribution is -0.120. The van der Waals surface area contributed by atoms with Crippen molar-refractivity contribution in [1.82, 2.24) is 38.8 Å². The first kappa shape index (κ1) is 30.3. The molecule has 11 nitrogen and oxygen atoms in total. The third-order valence-corrected chi connectivity index (χ3v) is 7.36. The third-order valence-electron chi connectivity index (χ3n) is 7.36. The lowest BCUT2D eigenvalue weighted by Crippen LogP contribution is -2.38. The highest BCUT2D eigenvalue weighted by atomic mass is 16.2. The van der Waals surface area contributed by atoms with Gasteiger partial charge in [0, 0.05) is 57.7 Å². The molecule has 5 rings (SSSR count). The van der Waals surface area contributed by atoms with Crippen LogP contribution in [0.2, 0.25) is 0 Å². The summed E-state index contributed by atoms with van der Waals surface area (Å²) in [6.45, 7) is 7.19. The van der Waals surface area contributed by atoms with Gasteiger partial charge in [0.15, 0.2) is 5.65 Å². The van der Waals surface area contributed by atoms with Crippen LogP contribution in [0.15, 0.2) is 76.9 Å². The van der Waals surface area contributed by atoms with Gasteiger partial charge in [-0.3, -0.25) is 28.4 Å². The maximum atomic E-state index is 13.7. The molecule has 2 N–H and O–H groups in total. The first-order valence-corrected chi connectivity index (χ1v) is 14.6. The van der Waals surface area contributed by atoms with Gasteiger partial charge in [-0.2, -0.15) is 5.10 Å². The van der Waals surface area contributed by atoms with Crippen LogP contribution in [0.4, 0.5) is 0 Å². The molecule has 5 aromatic heterocycles. The molecular weight excluding hydrogens is 556 g/mol. The van der Waals surface area contributed by atoms with E-state index >= 15 is 0 Å². The summed E-state index contributed by atoms with van der Waals surface area (Å²) >= 11 is 0. The van der Waals surface area contributed by atoms with Gasteiger partial charge >= 0.3 is 5.69 Å². The molecule has 0 aliphatic carbocycles. The quantitative estimate of drug-likeness (QED) is 0.225. The smallest absolute Gasteiger partial charge is 0.332 e. The molecule has 228 valence electrons. The molecule has 11 heteroatoms. The Balaban J connectivity index is 1.57. The predicted octanol–water partition coefficient (Wildman–Crippen LogP) is 3.78. The highest BCUT2D eigenvalue weighted by Gasteiger charge is 2.25. The molecule has 0 aliphatic heterocycles. The third kappa shape index (κ3) is 6.41. The number of aromatic amines is 1. The normalized spacial score (nSPS) is 12.0. The van der Waals surface area contributed by atoms with E-state index in [1.165, 1.54) is 7.05 Å². The van der Waals surface area contributed by atoms with Crippen LogP contribution in [0.5, 0.6) is 0 Å². The number of rotatable bonds is 11. The summed E-state index contributed by atoms with van der Waals surface area (Å²) < 4.78 is 6.42. The van der Waals surface area contributed by atoms with Crippen molar-refractivity contribution < 1.29 is 4.79 Å². The van der Waals surface area contributed by atoms with Crippen molar-refractivity contribution in [3.63, 3.8) is 0 Å². The van der Waals surface area contributed by atoms with Crippen molar-refractivity contribution >= 4 is 23.0 Å². The fraction of sp³-hybridized carbons (Fsp3) is 0.303. The minimum atomic E-state index is -0.409. The summed E-state index contributed by atoms with van der Waals surface area (Å²) in [6, 6.07) is 7.66. The second-order valence-corrected chi connectivity index (χ2v) is 11.4. The summed E-state index contributed by atoms with van der Waals surface area (Å²) in [5, 5.41) is 8.21. The van der Waals surface area contributed by atoms with Crippen LogP contribution in [0, 0.1) is 5.92 Å². The Bertz CT molecular complexity index is 1970. The molecule has 5 aromatic rings. The van der Waals surface area contributed by atoms with Gasteiger partial charge in [0.1, 0.15) is 11.1 Å². The Labute approximate surface area is 255 Å². The van der Waals surface area contributed by atoms with Crippen LogP contribution in [-0.4, -0.2) is 39.4 Å². The summed E-state index contributed by atoms with van der Waals surface area (Å²) in [6.07, 6.45) is 15.2. The average Bonchev–Trinajstić information content (AvgIpc) is 3.70. The van der Waals surface area contributed by atoms with Crippen LogP contribution < -0.4 is 16.6 Å². The number of carbonyl (C=O) groups is 1. The number of hydrogen-bond acceptors (Lipinski definition) is 5. The minimum Gasteiger partial charge on any atom is -0.361 e. The number of fused-ring (bicyclic) bond motifs is 1. The number of nitrogens with one attached hydrogen (secondary N) is 2. The summed E-state index contributed by atoms with van der Waals surface area (Å²) in [5.41, 5.74) is 4.50. The fourth-order valence-corrected chi connectivity index (χ4v) is 5.27. The van der Waals surface area contributed by atoms with Crippen molar-refractivity contribution in [3.8, 4) is 11.4 Å². The molecule has 0 radical (unpaired) electrons. The molecule has 0 saturated carbocycles. The molecule has 0 unspecified atom stereocenters. The summed E-state index contributed by atoms with van der Waals surface area (Å²) in [5.74, 6) is 0.0373. The lowest BCUT2D eigenvalue weighted by atomic mass is 10.1. The minimum absolute atomic E-state index is 0.121. The number of nitrogens with zero attached hydrogens (tertiary/aromatic N) is 6. The molecule has 0 atom stereocenters. The van der Waals surface area contributed by atoms with Crippen molar-refractivity contribution in [3.05, 3.63) is 111 Å². The molecule has 0 aromatic carbocycles. The fourth-order valence-electron chi connectivity index (χ4n) is 5.27. The van der Waals surface area contributed by atoms with E-state index in [-0.39, 0.29) is 18.2 Å². The first-order chi connectivity index (χ1) is 21.2. The number of amides is 1. The van der Waals surface area contributed by atoms with Gasteiger partial charge in [-0.05, 0) is 59.9 Å². The Morgan fingerprint density at radius 2 is 1.84 bits per heavy atom. The molecule has 0 spiro atoms. The second kappa shape index (κ2) is 13.0. The number of pyridine rings is 1. The van der Waals surface area contributed by atoms with E-state index in [1.807, 2.05) is 93.3 Å². The van der Waals surface area contributed by atoms with Crippen LogP contribution in [0.3, 0.4) is 0 Å². The van der Waals surface area contributed by atoms with Gasteiger partial charge in [0.2, 0.25) is 5.91 Å². The predicted molar refractivity (Wildman–Crippen MR) is 172 cm³/mol. The van der Waals surface area contributed by atoms with Crippen molar-refractivity contribution in [2.75, 3.05) is 0 Å². The Morgan fingerprint density at radius 3 is 2.57 bits per heavy atom. The van der Waals surface area contributed by atoms with Crippen molar-refractivity contribution in [2.45, 2.75) is 46.8 Å². The van der Waals surface area contributed by atoms with E-state index in [4.69, 9.17) is 5.10 Å². The monoisotopic (exact) mass is 594 g/mol. The molecule has 5 heterocycles. The second-order valence-electron chi connectivity index (χ2n) is 11.4. The number of H-pyrrole nitrogens is 1. The van der Waals surface area contributed by atoms with Gasteiger partial charge in [-0.25, -0.2) is 4.79 Å². The maximum Gasteiger partial charge on any atom is 0.332 e. The Hall–Kier alpha value is -5.19. The lowest BCUT2D eigenvalue weighted by Gasteiger charge is -2.11. The maximum absolute atomic E-state index is 13.7. The standard InChI is InChI=1S/C33H38N8O3/c1-6-7-8-9-26-14-25(18-35-26)21-41-30(29-31(37-41)40(19-22(2)3)33(44)39(5)32(29)43)27-15-24(20-38(27)4)16-28(42)36-17-23-10-12-34-13-11-23/h6-15,18,20,22,35H,16-17,19,21H2,1-5H3,(H,36,42)/b7-6-,9-8-. The van der Waals surface area contributed by atoms with Crippen molar-refractivity contribution in [1.29, 1.82) is 0 Å². The zero-order chi connectivity index (χ0) is 31.4. The van der Waals surface area contributed by atoms with E-state index in [2.05, 4.69) is 15.3 Å². The first-order valence-electron chi connectivity index (χ1n) is 14.6. The Morgan fingerprint density at radius 1 is 1.07 bits per heavy atom. The van der Waals surface area contributed by atoms with Crippen molar-refractivity contribution in [2.24, 2.45) is 20.0 Å². The highest BCUT2D eigenvalue weighted by molar-refractivity contribution is 5.90. The number of allylic oxidation sites excluding steroid dienone is 3. The SMILES string of the molecule is C/C=C\C=C/c1cc(Cn2nc3c(c2-c2cc(CC(=O)NCc4ccncc4)cn2C)c(=O)n(C)c(=O)n3CC(C)C)c[nH]1. The van der Waals surface area contributed by atoms with E-state index in [9.17, 15) is 14.4 Å². The van der Waals surface area contributed by atoms with Gasteiger partial charge in [-0.1, -0.05) is 32.1 Å². The molecule has 0 bridgehead atoms. The van der Waals surface area contributed by atoms with Crippen LogP contribution in [0.25, 0.3) is 28.5 Å². The highest BCUT2D eigenvalue weighted by Crippen LogP contribution is 2.29. The van der Waals surface area contributed by atoms with E-state index < -0.39 is 11.2 Å². The Kier molecular flexibility index (Phi) is 8.94. The summed E-state index contributed by atoms with van der Waals surface area (Å²) in [4.78, 5) is 47.1. The molecular formula is C33H38N8O3. The molecule has 0 saturated heterocycles. The largest absolute Gasteiger partial charge is 0.361 e. The van der Waals surface area contributed by atoms with Gasteiger partial charge in [0.05, 0.1) is 18.7 Å². The van der Waals surface area contributed by atoms with Crippen LogP contribution in [-0.2, 0) is 44.9 Å². The number of carbonyl (C=O) groups excluding carboxylic acids is 1. The zero-order valence-electron chi connectivity index (χ0n) is 25.7. The molecule has 1 amide bonds.